The summed E-state index contributed by atoms with van der Waals surface area (Å²) in [6, 6.07) is 1.87. The maximum absolute atomic E-state index is 12.7. The number of carbonyl (C=O) groups excluding carboxylic acids is 1. The molecule has 1 amide bonds. The summed E-state index contributed by atoms with van der Waals surface area (Å²) in [5.41, 5.74) is 3.16. The molecule has 4 rings (SSSR count). The van der Waals surface area contributed by atoms with E-state index >= 15 is 0 Å². The van der Waals surface area contributed by atoms with Crippen LogP contribution in [-0.4, -0.2) is 27.2 Å². The maximum atomic E-state index is 12.7. The number of aryl methyl sites for hydroxylation is 3. The lowest BCUT2D eigenvalue weighted by Crippen LogP contribution is -2.31. The third-order valence-corrected chi connectivity index (χ3v) is 5.28. The van der Waals surface area contributed by atoms with Gasteiger partial charge in [-0.2, -0.15) is 5.10 Å². The molecule has 1 N–H and O–H groups in total. The van der Waals surface area contributed by atoms with Crippen LogP contribution in [0.5, 0.6) is 0 Å². The predicted molar refractivity (Wildman–Crippen MR) is 89.2 cm³/mol. The third-order valence-electron chi connectivity index (χ3n) is 5.28. The van der Waals surface area contributed by atoms with Crippen LogP contribution in [0.1, 0.15) is 34.6 Å². The van der Waals surface area contributed by atoms with Crippen molar-refractivity contribution in [2.75, 3.05) is 6.54 Å². The van der Waals surface area contributed by atoms with Crippen LogP contribution in [0.25, 0.3) is 11.0 Å². The highest BCUT2D eigenvalue weighted by atomic mass is 16.1. The van der Waals surface area contributed by atoms with Crippen LogP contribution >= 0.6 is 0 Å². The highest BCUT2D eigenvalue weighted by Gasteiger charge is 2.35. The topological polar surface area (TPSA) is 59.8 Å². The Kier molecular flexibility index (Phi) is 3.25. The Balaban J connectivity index is 1.58. The van der Waals surface area contributed by atoms with Crippen molar-refractivity contribution in [1.29, 1.82) is 0 Å². The lowest BCUT2D eigenvalue weighted by atomic mass is 9.93. The van der Waals surface area contributed by atoms with Crippen molar-refractivity contribution < 1.29 is 4.79 Å². The summed E-state index contributed by atoms with van der Waals surface area (Å²) in [6.45, 7) is 4.60. The number of allylic oxidation sites excluding steroid dienone is 2. The molecule has 0 radical (unpaired) electrons. The number of rotatable bonds is 3. The van der Waals surface area contributed by atoms with Crippen molar-refractivity contribution >= 4 is 16.9 Å². The molecule has 23 heavy (non-hydrogen) atoms. The van der Waals surface area contributed by atoms with Gasteiger partial charge in [-0.15, -0.1) is 0 Å². The Hall–Kier alpha value is -2.17. The van der Waals surface area contributed by atoms with Crippen molar-refractivity contribution in [2.24, 2.45) is 24.8 Å². The number of pyridine rings is 1. The molecule has 2 aromatic rings. The second-order valence-corrected chi connectivity index (χ2v) is 6.97. The quantitative estimate of drug-likeness (QED) is 0.886. The molecule has 5 heteroatoms. The average molecular weight is 310 g/mol. The lowest BCUT2D eigenvalue weighted by molar-refractivity contribution is 0.0946. The molecule has 1 fully saturated rings. The van der Waals surface area contributed by atoms with Gasteiger partial charge in [-0.25, -0.2) is 4.98 Å². The smallest absolute Gasteiger partial charge is 0.252 e. The molecule has 0 saturated heterocycles. The van der Waals surface area contributed by atoms with Crippen molar-refractivity contribution in [3.63, 3.8) is 0 Å². The summed E-state index contributed by atoms with van der Waals surface area (Å²) in [6.07, 6.45) is 7.13. The van der Waals surface area contributed by atoms with E-state index in [4.69, 9.17) is 0 Å². The average Bonchev–Trinajstić information content (AvgIpc) is 3.20. The Morgan fingerprint density at radius 1 is 1.35 bits per heavy atom. The number of hydrogen-bond acceptors (Lipinski definition) is 3. The predicted octanol–water partition coefficient (Wildman–Crippen LogP) is 2.53. The fourth-order valence-electron chi connectivity index (χ4n) is 4.20. The third kappa shape index (κ3) is 2.35. The van der Waals surface area contributed by atoms with Gasteiger partial charge >= 0.3 is 0 Å². The van der Waals surface area contributed by atoms with Crippen molar-refractivity contribution in [3.05, 3.63) is 35.2 Å². The summed E-state index contributed by atoms with van der Waals surface area (Å²) >= 11 is 0. The Bertz CT molecular complexity index is 820. The number of hydrogen-bond donors (Lipinski definition) is 1. The first kappa shape index (κ1) is 14.4. The molecule has 2 heterocycles. The van der Waals surface area contributed by atoms with Crippen molar-refractivity contribution in [2.45, 2.75) is 26.7 Å². The highest BCUT2D eigenvalue weighted by molar-refractivity contribution is 6.06. The van der Waals surface area contributed by atoms with E-state index in [1.54, 1.807) is 4.68 Å². The molecule has 120 valence electrons. The fraction of sp³-hybridized carbons (Fsp3) is 0.500. The van der Waals surface area contributed by atoms with Gasteiger partial charge in [-0.05, 0) is 50.5 Å². The van der Waals surface area contributed by atoms with Gasteiger partial charge in [0.25, 0.3) is 5.91 Å². The van der Waals surface area contributed by atoms with E-state index in [0.29, 0.717) is 17.4 Å². The van der Waals surface area contributed by atoms with Crippen LogP contribution in [0.2, 0.25) is 0 Å². The van der Waals surface area contributed by atoms with Crippen LogP contribution in [-0.2, 0) is 7.05 Å². The summed E-state index contributed by atoms with van der Waals surface area (Å²) in [7, 11) is 1.87. The van der Waals surface area contributed by atoms with E-state index in [1.807, 2.05) is 27.0 Å². The minimum atomic E-state index is -0.0108. The second-order valence-electron chi connectivity index (χ2n) is 6.97. The summed E-state index contributed by atoms with van der Waals surface area (Å²) in [4.78, 5) is 17.3. The van der Waals surface area contributed by atoms with Crippen molar-refractivity contribution in [3.8, 4) is 0 Å². The minimum absolute atomic E-state index is 0.0108. The first-order valence-electron chi connectivity index (χ1n) is 8.30. The Labute approximate surface area is 135 Å². The van der Waals surface area contributed by atoms with Crippen LogP contribution in [0.4, 0.5) is 0 Å². The van der Waals surface area contributed by atoms with Crippen LogP contribution in [0.3, 0.4) is 0 Å². The molecule has 0 aromatic carbocycles. The van der Waals surface area contributed by atoms with Gasteiger partial charge in [-0.3, -0.25) is 9.48 Å². The first-order chi connectivity index (χ1) is 11.0. The van der Waals surface area contributed by atoms with E-state index in [9.17, 15) is 4.79 Å². The number of nitrogens with one attached hydrogen (secondary N) is 1. The van der Waals surface area contributed by atoms with Crippen LogP contribution < -0.4 is 5.32 Å². The van der Waals surface area contributed by atoms with E-state index in [-0.39, 0.29) is 5.91 Å². The molecular formula is C18H22N4O. The van der Waals surface area contributed by atoms with Crippen LogP contribution in [0.15, 0.2) is 18.2 Å². The lowest BCUT2D eigenvalue weighted by Gasteiger charge is -2.18. The van der Waals surface area contributed by atoms with Gasteiger partial charge in [0.05, 0.1) is 16.6 Å². The molecule has 2 aromatic heterocycles. The second kappa shape index (κ2) is 5.18. The number of nitrogens with zero attached hydrogens (tertiary/aromatic N) is 3. The molecule has 0 spiro atoms. The van der Waals surface area contributed by atoms with Gasteiger partial charge in [-0.1, -0.05) is 12.2 Å². The molecule has 2 aliphatic rings. The van der Waals surface area contributed by atoms with Crippen molar-refractivity contribution in [1.82, 2.24) is 20.1 Å². The van der Waals surface area contributed by atoms with E-state index in [1.165, 1.54) is 12.8 Å². The number of aromatic nitrogens is 3. The van der Waals surface area contributed by atoms with E-state index in [2.05, 4.69) is 27.6 Å². The van der Waals surface area contributed by atoms with E-state index in [0.717, 1.165) is 34.9 Å². The monoisotopic (exact) mass is 310 g/mol. The molecule has 3 atom stereocenters. The molecular weight excluding hydrogens is 288 g/mol. The van der Waals surface area contributed by atoms with Gasteiger partial charge < -0.3 is 5.32 Å². The zero-order valence-corrected chi connectivity index (χ0v) is 13.8. The van der Waals surface area contributed by atoms with Gasteiger partial charge in [0, 0.05) is 19.3 Å². The zero-order chi connectivity index (χ0) is 16.1. The van der Waals surface area contributed by atoms with Gasteiger partial charge in [0.2, 0.25) is 0 Å². The molecule has 1 saturated carbocycles. The molecule has 0 aliphatic heterocycles. The SMILES string of the molecule is Cc1cc(C(=O)NCC2CC3C=CC2C3)c2c(C)nn(C)c2n1. The van der Waals surface area contributed by atoms with E-state index < -0.39 is 0 Å². The molecule has 2 bridgehead atoms. The normalized spacial score (nSPS) is 25.4. The van der Waals surface area contributed by atoms with Gasteiger partial charge in [0.15, 0.2) is 5.65 Å². The first-order valence-corrected chi connectivity index (χ1v) is 8.30. The number of fused-ring (bicyclic) bond motifs is 3. The zero-order valence-electron chi connectivity index (χ0n) is 13.8. The Morgan fingerprint density at radius 3 is 2.87 bits per heavy atom. The number of carbonyl (C=O) groups is 1. The molecule has 3 unspecified atom stereocenters. The number of amides is 1. The Morgan fingerprint density at radius 2 is 2.17 bits per heavy atom. The van der Waals surface area contributed by atoms with Gasteiger partial charge in [0.1, 0.15) is 0 Å². The van der Waals surface area contributed by atoms with Crippen LogP contribution in [0, 0.1) is 31.6 Å². The molecule has 5 nitrogen and oxygen atoms in total. The summed E-state index contributed by atoms with van der Waals surface area (Å²) in [5.74, 6) is 1.96. The minimum Gasteiger partial charge on any atom is -0.352 e. The summed E-state index contributed by atoms with van der Waals surface area (Å²) < 4.78 is 1.75. The highest BCUT2D eigenvalue weighted by Crippen LogP contribution is 2.43. The molecule has 2 aliphatic carbocycles. The summed E-state index contributed by atoms with van der Waals surface area (Å²) in [5, 5.41) is 8.42. The largest absolute Gasteiger partial charge is 0.352 e. The standard InChI is InChI=1S/C18H22N4O/c1-10-6-15(16-11(2)21-22(3)17(16)20-10)18(23)19-9-14-8-12-4-5-13(14)7-12/h4-6,12-14H,7-9H2,1-3H3,(H,19,23). The fourth-order valence-corrected chi connectivity index (χ4v) is 4.20. The maximum Gasteiger partial charge on any atom is 0.252 e.